The number of aliphatic carboxylic acids is 1. The number of nitriles is 1. The fourth-order valence-electron chi connectivity index (χ4n) is 1.93. The maximum atomic E-state index is 11.7. The van der Waals surface area contributed by atoms with Crippen LogP contribution in [0.3, 0.4) is 0 Å². The molecule has 6 nitrogen and oxygen atoms in total. The summed E-state index contributed by atoms with van der Waals surface area (Å²) in [6, 6.07) is 1.88. The average Bonchev–Trinajstić information content (AvgIpc) is 2.42. The predicted octanol–water partition coefficient (Wildman–Crippen LogP) is 0.717. The van der Waals surface area contributed by atoms with Gasteiger partial charge in [0.2, 0.25) is 0 Å². The Bertz CT molecular complexity index is 404. The van der Waals surface area contributed by atoms with Crippen molar-refractivity contribution in [2.24, 2.45) is 5.92 Å². The standard InChI is InChI=1S/C13H19N3O3/c1-2-5-15-12(17)11(8-14)9-16-6-3-10(4-7-16)13(18)19/h9-10H,2-7H2,1H3,(H,15,17)(H,18,19)/b11-9-. The third-order valence-electron chi connectivity index (χ3n) is 3.09. The topological polar surface area (TPSA) is 93.4 Å². The largest absolute Gasteiger partial charge is 0.481 e. The van der Waals surface area contributed by atoms with Crippen molar-refractivity contribution in [1.82, 2.24) is 10.2 Å². The second-order valence-corrected chi connectivity index (χ2v) is 4.56. The van der Waals surface area contributed by atoms with Gasteiger partial charge in [-0.1, -0.05) is 6.92 Å². The molecule has 0 unspecified atom stereocenters. The first kappa shape index (κ1) is 15.0. The number of piperidine rings is 1. The van der Waals surface area contributed by atoms with Crippen molar-refractivity contribution in [1.29, 1.82) is 5.26 Å². The zero-order valence-electron chi connectivity index (χ0n) is 11.1. The summed E-state index contributed by atoms with van der Waals surface area (Å²) in [5.41, 5.74) is 0.0715. The fraction of sp³-hybridized carbons (Fsp3) is 0.615. The molecule has 6 heteroatoms. The van der Waals surface area contributed by atoms with Gasteiger partial charge in [0.15, 0.2) is 0 Å². The summed E-state index contributed by atoms with van der Waals surface area (Å²) in [4.78, 5) is 24.3. The van der Waals surface area contributed by atoms with Gasteiger partial charge in [0.05, 0.1) is 5.92 Å². The van der Waals surface area contributed by atoms with E-state index in [1.165, 1.54) is 6.20 Å². The SMILES string of the molecule is CCCNC(=O)/C(C#N)=C\N1CCC(C(=O)O)CC1. The van der Waals surface area contributed by atoms with E-state index in [9.17, 15) is 9.59 Å². The van der Waals surface area contributed by atoms with Gasteiger partial charge in [-0.2, -0.15) is 5.26 Å². The van der Waals surface area contributed by atoms with Crippen LogP contribution in [-0.2, 0) is 9.59 Å². The molecular formula is C13H19N3O3. The molecule has 0 bridgehead atoms. The molecule has 0 aromatic rings. The Morgan fingerprint density at radius 3 is 2.58 bits per heavy atom. The number of carbonyl (C=O) groups is 2. The Morgan fingerprint density at radius 2 is 2.11 bits per heavy atom. The van der Waals surface area contributed by atoms with E-state index in [0.29, 0.717) is 32.5 Å². The lowest BCUT2D eigenvalue weighted by atomic mass is 9.97. The molecule has 1 fully saturated rings. The van der Waals surface area contributed by atoms with E-state index in [2.05, 4.69) is 5.32 Å². The van der Waals surface area contributed by atoms with Gasteiger partial charge < -0.3 is 15.3 Å². The van der Waals surface area contributed by atoms with Crippen molar-refractivity contribution in [3.8, 4) is 6.07 Å². The predicted molar refractivity (Wildman–Crippen MR) is 68.9 cm³/mol. The molecule has 0 atom stereocenters. The molecular weight excluding hydrogens is 246 g/mol. The molecule has 1 rings (SSSR count). The maximum absolute atomic E-state index is 11.7. The number of carboxylic acid groups (broad SMARTS) is 1. The quantitative estimate of drug-likeness (QED) is 0.564. The molecule has 104 valence electrons. The van der Waals surface area contributed by atoms with Gasteiger partial charge in [0.1, 0.15) is 11.6 Å². The monoisotopic (exact) mass is 265 g/mol. The molecule has 0 aromatic carbocycles. The van der Waals surface area contributed by atoms with Crippen molar-refractivity contribution in [2.75, 3.05) is 19.6 Å². The number of nitrogens with zero attached hydrogens (tertiary/aromatic N) is 2. The van der Waals surface area contributed by atoms with Crippen molar-refractivity contribution >= 4 is 11.9 Å². The zero-order chi connectivity index (χ0) is 14.3. The Morgan fingerprint density at radius 1 is 1.47 bits per heavy atom. The van der Waals surface area contributed by atoms with E-state index >= 15 is 0 Å². The van der Waals surface area contributed by atoms with Crippen LogP contribution in [0.25, 0.3) is 0 Å². The molecule has 0 saturated carbocycles. The molecule has 0 aromatic heterocycles. The number of carbonyl (C=O) groups excluding carboxylic acids is 1. The van der Waals surface area contributed by atoms with E-state index in [1.807, 2.05) is 17.9 Å². The van der Waals surface area contributed by atoms with Crippen molar-refractivity contribution in [3.63, 3.8) is 0 Å². The van der Waals surface area contributed by atoms with E-state index in [-0.39, 0.29) is 17.4 Å². The number of likely N-dealkylation sites (tertiary alicyclic amines) is 1. The highest BCUT2D eigenvalue weighted by Crippen LogP contribution is 2.18. The Kier molecular flexibility index (Phi) is 5.86. The van der Waals surface area contributed by atoms with E-state index in [1.54, 1.807) is 0 Å². The Labute approximate surface area is 112 Å². The highest BCUT2D eigenvalue weighted by Gasteiger charge is 2.23. The minimum Gasteiger partial charge on any atom is -0.481 e. The minimum atomic E-state index is -0.773. The van der Waals surface area contributed by atoms with Gasteiger partial charge in [-0.3, -0.25) is 9.59 Å². The highest BCUT2D eigenvalue weighted by atomic mass is 16.4. The Balaban J connectivity index is 2.56. The highest BCUT2D eigenvalue weighted by molar-refractivity contribution is 5.97. The number of hydrogen-bond acceptors (Lipinski definition) is 4. The Hall–Kier alpha value is -2.03. The maximum Gasteiger partial charge on any atom is 0.306 e. The van der Waals surface area contributed by atoms with Crippen molar-refractivity contribution in [2.45, 2.75) is 26.2 Å². The van der Waals surface area contributed by atoms with Crippen LogP contribution in [0.5, 0.6) is 0 Å². The number of hydrogen-bond donors (Lipinski definition) is 2. The van der Waals surface area contributed by atoms with Crippen LogP contribution in [0.1, 0.15) is 26.2 Å². The van der Waals surface area contributed by atoms with Crippen LogP contribution in [0.15, 0.2) is 11.8 Å². The number of amides is 1. The third kappa shape index (κ3) is 4.62. The average molecular weight is 265 g/mol. The first-order valence-corrected chi connectivity index (χ1v) is 6.45. The lowest BCUT2D eigenvalue weighted by Gasteiger charge is -2.29. The smallest absolute Gasteiger partial charge is 0.306 e. The number of rotatable bonds is 5. The molecule has 0 radical (unpaired) electrons. The first-order valence-electron chi connectivity index (χ1n) is 6.45. The molecule has 1 aliphatic heterocycles. The minimum absolute atomic E-state index is 0.0715. The summed E-state index contributed by atoms with van der Waals surface area (Å²) in [6.45, 7) is 3.60. The fourth-order valence-corrected chi connectivity index (χ4v) is 1.93. The molecule has 2 N–H and O–H groups in total. The molecule has 1 heterocycles. The molecule has 19 heavy (non-hydrogen) atoms. The first-order chi connectivity index (χ1) is 9.08. The lowest BCUT2D eigenvalue weighted by molar-refractivity contribution is -0.143. The summed E-state index contributed by atoms with van der Waals surface area (Å²) < 4.78 is 0. The summed E-state index contributed by atoms with van der Waals surface area (Å²) in [5.74, 6) is -1.46. The third-order valence-corrected chi connectivity index (χ3v) is 3.09. The van der Waals surface area contributed by atoms with Gasteiger partial charge in [0.25, 0.3) is 5.91 Å². The van der Waals surface area contributed by atoms with Crippen molar-refractivity contribution in [3.05, 3.63) is 11.8 Å². The van der Waals surface area contributed by atoms with E-state index < -0.39 is 5.97 Å². The van der Waals surface area contributed by atoms with E-state index in [4.69, 9.17) is 10.4 Å². The van der Waals surface area contributed by atoms with Crippen LogP contribution >= 0.6 is 0 Å². The summed E-state index contributed by atoms with van der Waals surface area (Å²) >= 11 is 0. The molecule has 1 aliphatic rings. The van der Waals surface area contributed by atoms with Crippen LogP contribution in [-0.4, -0.2) is 41.5 Å². The molecule has 0 spiro atoms. The van der Waals surface area contributed by atoms with Gasteiger partial charge in [-0.25, -0.2) is 0 Å². The summed E-state index contributed by atoms with van der Waals surface area (Å²) in [7, 11) is 0. The second kappa shape index (κ2) is 7.41. The van der Waals surface area contributed by atoms with Crippen LogP contribution in [0, 0.1) is 17.2 Å². The van der Waals surface area contributed by atoms with Crippen LogP contribution in [0.4, 0.5) is 0 Å². The number of carboxylic acids is 1. The van der Waals surface area contributed by atoms with Crippen molar-refractivity contribution < 1.29 is 14.7 Å². The van der Waals surface area contributed by atoms with Gasteiger partial charge in [-0.15, -0.1) is 0 Å². The molecule has 0 aliphatic carbocycles. The van der Waals surface area contributed by atoms with Gasteiger partial charge in [-0.05, 0) is 19.3 Å². The molecule has 1 amide bonds. The normalized spacial score (nSPS) is 16.8. The second-order valence-electron chi connectivity index (χ2n) is 4.56. The zero-order valence-corrected chi connectivity index (χ0v) is 11.1. The lowest BCUT2D eigenvalue weighted by Crippen LogP contribution is -2.34. The summed E-state index contributed by atoms with van der Waals surface area (Å²) in [5, 5.41) is 20.5. The van der Waals surface area contributed by atoms with Gasteiger partial charge >= 0.3 is 5.97 Å². The molecule has 1 saturated heterocycles. The van der Waals surface area contributed by atoms with Gasteiger partial charge in [0, 0.05) is 25.8 Å². The van der Waals surface area contributed by atoms with Crippen LogP contribution < -0.4 is 5.32 Å². The number of nitrogens with one attached hydrogen (secondary N) is 1. The summed E-state index contributed by atoms with van der Waals surface area (Å²) in [6.07, 6.45) is 3.43. The van der Waals surface area contributed by atoms with Crippen LogP contribution in [0.2, 0.25) is 0 Å². The van der Waals surface area contributed by atoms with E-state index in [0.717, 1.165) is 6.42 Å².